The molecule has 0 aromatic rings. The number of carbonyl (C=O) groups is 2. The molecule has 0 radical (unpaired) electrons. The summed E-state index contributed by atoms with van der Waals surface area (Å²) in [5, 5.41) is 39.8. The maximum absolute atomic E-state index is 11.4. The molecule has 0 aliphatic carbocycles. The Hall–Kier alpha value is -1.26. The van der Waals surface area contributed by atoms with Gasteiger partial charge in [-0.25, -0.2) is 0 Å². The number of amides is 2. The van der Waals surface area contributed by atoms with Gasteiger partial charge in [0.2, 0.25) is 5.91 Å². The van der Waals surface area contributed by atoms with Crippen LogP contribution in [0.4, 0.5) is 0 Å². The first-order valence-electron chi connectivity index (χ1n) is 5.17. The molecule has 104 valence electrons. The van der Waals surface area contributed by atoms with Gasteiger partial charge < -0.3 is 36.2 Å². The highest BCUT2D eigenvalue weighted by molar-refractivity contribution is 5.89. The van der Waals surface area contributed by atoms with Gasteiger partial charge in [0.25, 0.3) is 11.6 Å². The van der Waals surface area contributed by atoms with Crippen LogP contribution < -0.4 is 11.1 Å². The van der Waals surface area contributed by atoms with Crippen LogP contribution >= 0.6 is 0 Å². The zero-order valence-corrected chi connectivity index (χ0v) is 9.61. The second kappa shape index (κ2) is 5.16. The van der Waals surface area contributed by atoms with E-state index < -0.39 is 48.6 Å². The highest BCUT2D eigenvalue weighted by atomic mass is 16.6. The summed E-state index contributed by atoms with van der Waals surface area (Å²) < 4.78 is 4.97. The molecule has 9 heteroatoms. The lowest BCUT2D eigenvalue weighted by molar-refractivity contribution is -0.272. The number of primary amides is 1. The molecule has 0 spiro atoms. The SMILES string of the molecule is CC(=O)NC1(C(N)=O)OC(CO)C(O)C(O)C1O. The van der Waals surface area contributed by atoms with E-state index in [2.05, 4.69) is 0 Å². The van der Waals surface area contributed by atoms with Crippen molar-refractivity contribution in [2.75, 3.05) is 6.61 Å². The quantitative estimate of drug-likeness (QED) is 0.301. The average molecular weight is 264 g/mol. The summed E-state index contributed by atoms with van der Waals surface area (Å²) in [4.78, 5) is 22.4. The summed E-state index contributed by atoms with van der Waals surface area (Å²) in [5.74, 6) is -2.00. The predicted octanol–water partition coefficient (Wildman–Crippen LogP) is -4.22. The first-order chi connectivity index (χ1) is 8.26. The molecule has 0 bridgehead atoms. The van der Waals surface area contributed by atoms with Gasteiger partial charge in [-0.2, -0.15) is 0 Å². The van der Waals surface area contributed by atoms with Crippen molar-refractivity contribution in [3.8, 4) is 0 Å². The first kappa shape index (κ1) is 14.8. The Morgan fingerprint density at radius 3 is 2.28 bits per heavy atom. The average Bonchev–Trinajstić information content (AvgIpc) is 2.29. The van der Waals surface area contributed by atoms with Gasteiger partial charge in [0.15, 0.2) is 0 Å². The van der Waals surface area contributed by atoms with Crippen molar-refractivity contribution >= 4 is 11.8 Å². The zero-order chi connectivity index (χ0) is 14.1. The molecule has 18 heavy (non-hydrogen) atoms. The molecule has 0 aromatic heterocycles. The van der Waals surface area contributed by atoms with Gasteiger partial charge in [-0.1, -0.05) is 0 Å². The molecule has 7 N–H and O–H groups in total. The van der Waals surface area contributed by atoms with Crippen LogP contribution in [-0.2, 0) is 14.3 Å². The minimum Gasteiger partial charge on any atom is -0.394 e. The molecule has 1 aliphatic heterocycles. The number of aliphatic hydroxyl groups is 4. The molecule has 5 atom stereocenters. The van der Waals surface area contributed by atoms with E-state index in [9.17, 15) is 24.9 Å². The normalized spacial score (nSPS) is 40.3. The Kier molecular flexibility index (Phi) is 4.24. The van der Waals surface area contributed by atoms with Crippen LogP contribution in [0.15, 0.2) is 0 Å². The van der Waals surface area contributed by atoms with E-state index in [1.807, 2.05) is 5.32 Å². The lowest BCUT2D eigenvalue weighted by atomic mass is 9.90. The van der Waals surface area contributed by atoms with Gasteiger partial charge >= 0.3 is 0 Å². The number of carbonyl (C=O) groups excluding carboxylic acids is 2. The van der Waals surface area contributed by atoms with Crippen LogP contribution in [0.25, 0.3) is 0 Å². The topological polar surface area (TPSA) is 162 Å². The van der Waals surface area contributed by atoms with Crippen molar-refractivity contribution < 1.29 is 34.8 Å². The van der Waals surface area contributed by atoms with Crippen molar-refractivity contribution in [3.63, 3.8) is 0 Å². The lowest BCUT2D eigenvalue weighted by Crippen LogP contribution is -2.75. The smallest absolute Gasteiger partial charge is 0.273 e. The monoisotopic (exact) mass is 264 g/mol. The first-order valence-corrected chi connectivity index (χ1v) is 5.17. The maximum Gasteiger partial charge on any atom is 0.273 e. The number of aliphatic hydroxyl groups excluding tert-OH is 4. The van der Waals surface area contributed by atoms with Crippen LogP contribution in [0.3, 0.4) is 0 Å². The molecule has 1 heterocycles. The number of nitrogens with one attached hydrogen (secondary N) is 1. The molecule has 9 nitrogen and oxygen atoms in total. The van der Waals surface area contributed by atoms with Crippen molar-refractivity contribution in [1.29, 1.82) is 0 Å². The van der Waals surface area contributed by atoms with Crippen molar-refractivity contribution in [1.82, 2.24) is 5.32 Å². The van der Waals surface area contributed by atoms with Crippen LogP contribution in [0.1, 0.15) is 6.92 Å². The molecular weight excluding hydrogens is 248 g/mol. The van der Waals surface area contributed by atoms with E-state index in [0.717, 1.165) is 6.92 Å². The third-order valence-electron chi connectivity index (χ3n) is 2.72. The molecular formula is C9H16N2O7. The van der Waals surface area contributed by atoms with Gasteiger partial charge in [0, 0.05) is 6.92 Å². The lowest BCUT2D eigenvalue weighted by Gasteiger charge is -2.46. The number of rotatable bonds is 3. The summed E-state index contributed by atoms with van der Waals surface area (Å²) in [6, 6.07) is 0. The van der Waals surface area contributed by atoms with E-state index in [4.69, 9.17) is 15.6 Å². The summed E-state index contributed by atoms with van der Waals surface area (Å²) in [6.07, 6.45) is -6.76. The highest BCUT2D eigenvalue weighted by Crippen LogP contribution is 2.28. The number of hydrogen-bond donors (Lipinski definition) is 6. The molecule has 0 saturated carbocycles. The third kappa shape index (κ3) is 2.31. The fourth-order valence-electron chi connectivity index (χ4n) is 1.80. The van der Waals surface area contributed by atoms with Crippen molar-refractivity contribution in [2.24, 2.45) is 5.73 Å². The fourth-order valence-corrected chi connectivity index (χ4v) is 1.80. The zero-order valence-electron chi connectivity index (χ0n) is 9.61. The van der Waals surface area contributed by atoms with Gasteiger partial charge in [-0.15, -0.1) is 0 Å². The summed E-state index contributed by atoms with van der Waals surface area (Å²) in [6.45, 7) is 0.311. The minimum atomic E-state index is -2.39. The summed E-state index contributed by atoms with van der Waals surface area (Å²) >= 11 is 0. The molecule has 1 fully saturated rings. The van der Waals surface area contributed by atoms with Crippen molar-refractivity contribution in [3.05, 3.63) is 0 Å². The second-order valence-electron chi connectivity index (χ2n) is 4.05. The van der Waals surface area contributed by atoms with E-state index in [1.54, 1.807) is 0 Å². The van der Waals surface area contributed by atoms with Gasteiger partial charge in [-0.3, -0.25) is 9.59 Å². The van der Waals surface area contributed by atoms with E-state index in [0.29, 0.717) is 0 Å². The Labute approximate surface area is 102 Å². The number of hydrogen-bond acceptors (Lipinski definition) is 7. The van der Waals surface area contributed by atoms with E-state index in [-0.39, 0.29) is 0 Å². The van der Waals surface area contributed by atoms with Gasteiger partial charge in [0.1, 0.15) is 24.4 Å². The molecule has 2 amide bonds. The largest absolute Gasteiger partial charge is 0.394 e. The predicted molar refractivity (Wildman–Crippen MR) is 55.7 cm³/mol. The Morgan fingerprint density at radius 2 is 1.89 bits per heavy atom. The standard InChI is InChI=1S/C9H16N2O7/c1-3(13)11-9(8(10)17)7(16)6(15)5(14)4(2-12)18-9/h4-7,12,14-16H,2H2,1H3,(H2,10,17)(H,11,13). The van der Waals surface area contributed by atoms with Crippen LogP contribution in [0, 0.1) is 0 Å². The molecule has 0 aromatic carbocycles. The maximum atomic E-state index is 11.4. The highest BCUT2D eigenvalue weighted by Gasteiger charge is 2.57. The van der Waals surface area contributed by atoms with Crippen LogP contribution in [0.5, 0.6) is 0 Å². The molecule has 1 saturated heterocycles. The van der Waals surface area contributed by atoms with Crippen molar-refractivity contribution in [2.45, 2.75) is 37.1 Å². The molecule has 1 aliphatic rings. The van der Waals surface area contributed by atoms with Crippen LogP contribution in [-0.4, -0.2) is 69.0 Å². The van der Waals surface area contributed by atoms with Crippen LogP contribution in [0.2, 0.25) is 0 Å². The molecule has 5 unspecified atom stereocenters. The Bertz CT molecular complexity index is 348. The van der Waals surface area contributed by atoms with E-state index >= 15 is 0 Å². The Morgan fingerprint density at radius 1 is 1.33 bits per heavy atom. The number of ether oxygens (including phenoxy) is 1. The second-order valence-corrected chi connectivity index (χ2v) is 4.05. The minimum absolute atomic E-state index is 0.737. The molecule has 1 rings (SSSR count). The van der Waals surface area contributed by atoms with E-state index in [1.165, 1.54) is 0 Å². The fraction of sp³-hybridized carbons (Fsp3) is 0.778. The summed E-state index contributed by atoms with van der Waals surface area (Å²) in [7, 11) is 0. The summed E-state index contributed by atoms with van der Waals surface area (Å²) in [5.41, 5.74) is 2.66. The Balaban J connectivity index is 3.15. The van der Waals surface area contributed by atoms with Gasteiger partial charge in [0.05, 0.1) is 6.61 Å². The third-order valence-corrected chi connectivity index (χ3v) is 2.72. The van der Waals surface area contributed by atoms with Gasteiger partial charge in [-0.05, 0) is 0 Å². The number of nitrogens with two attached hydrogens (primary N) is 1.